The number of H-pyrrole nitrogens is 1. The molecule has 66 valence electrons. The molecule has 0 aliphatic rings. The summed E-state index contributed by atoms with van der Waals surface area (Å²) in [5.41, 5.74) is 0. The van der Waals surface area contributed by atoms with E-state index in [9.17, 15) is 0 Å². The molecule has 3 nitrogen and oxygen atoms in total. The summed E-state index contributed by atoms with van der Waals surface area (Å²) in [5, 5.41) is 11.1. The highest BCUT2D eigenvalue weighted by molar-refractivity contribution is 9.10. The van der Waals surface area contributed by atoms with Crippen LogP contribution in [0.5, 0.6) is 0 Å². The van der Waals surface area contributed by atoms with Crippen molar-refractivity contribution in [1.29, 1.82) is 0 Å². The maximum Gasteiger partial charge on any atom is 0.116 e. The topological polar surface area (TPSA) is 41.6 Å². The zero-order chi connectivity index (χ0) is 9.10. The van der Waals surface area contributed by atoms with Crippen LogP contribution in [0.15, 0.2) is 44.9 Å². The van der Waals surface area contributed by atoms with Gasteiger partial charge in [-0.05, 0) is 24.3 Å². The highest BCUT2D eigenvalue weighted by Crippen LogP contribution is 2.25. The van der Waals surface area contributed by atoms with Crippen LogP contribution in [-0.2, 0) is 0 Å². The van der Waals surface area contributed by atoms with Gasteiger partial charge in [0.2, 0.25) is 0 Å². The summed E-state index contributed by atoms with van der Waals surface area (Å²) in [7, 11) is 0. The lowest BCUT2D eigenvalue weighted by Gasteiger charge is -1.96. The van der Waals surface area contributed by atoms with Gasteiger partial charge in [-0.2, -0.15) is 0 Å². The Bertz CT molecular complexity index is 371. The number of aromatic nitrogens is 3. The first-order valence-corrected chi connectivity index (χ1v) is 5.25. The summed E-state index contributed by atoms with van der Waals surface area (Å²) < 4.78 is 1.08. The van der Waals surface area contributed by atoms with Crippen LogP contribution < -0.4 is 0 Å². The Kier molecular flexibility index (Phi) is 2.65. The first-order chi connectivity index (χ1) is 6.34. The fourth-order valence-electron chi connectivity index (χ4n) is 0.867. The maximum atomic E-state index is 3.70. The van der Waals surface area contributed by atoms with Gasteiger partial charge in [0, 0.05) is 9.37 Å². The highest BCUT2D eigenvalue weighted by atomic mass is 79.9. The van der Waals surface area contributed by atoms with E-state index >= 15 is 0 Å². The number of halogens is 1. The van der Waals surface area contributed by atoms with E-state index < -0.39 is 0 Å². The first kappa shape index (κ1) is 8.77. The van der Waals surface area contributed by atoms with Gasteiger partial charge in [-0.15, -0.1) is 5.10 Å². The van der Waals surface area contributed by atoms with Crippen LogP contribution >= 0.6 is 27.7 Å². The van der Waals surface area contributed by atoms with Gasteiger partial charge >= 0.3 is 0 Å². The van der Waals surface area contributed by atoms with Crippen LogP contribution in [-0.4, -0.2) is 15.4 Å². The van der Waals surface area contributed by atoms with Crippen LogP contribution in [0, 0.1) is 0 Å². The molecular formula is C8H6BrN3S. The molecule has 1 aromatic heterocycles. The Morgan fingerprint density at radius 2 is 2.00 bits per heavy atom. The lowest BCUT2D eigenvalue weighted by Crippen LogP contribution is -1.73. The van der Waals surface area contributed by atoms with Crippen molar-refractivity contribution in [2.45, 2.75) is 9.92 Å². The molecule has 13 heavy (non-hydrogen) atoms. The predicted octanol–water partition coefficient (Wildman–Crippen LogP) is 2.72. The highest BCUT2D eigenvalue weighted by Gasteiger charge is 1.97. The third-order valence-corrected chi connectivity index (χ3v) is 2.89. The van der Waals surface area contributed by atoms with E-state index in [4.69, 9.17) is 0 Å². The van der Waals surface area contributed by atoms with Gasteiger partial charge in [0.05, 0.1) is 6.20 Å². The van der Waals surface area contributed by atoms with Gasteiger partial charge in [0.25, 0.3) is 0 Å². The third kappa shape index (κ3) is 2.32. The molecule has 0 bridgehead atoms. The summed E-state index contributed by atoms with van der Waals surface area (Å²) in [4.78, 5) is 1.16. The molecule has 0 saturated carbocycles. The molecule has 1 heterocycles. The normalized spacial score (nSPS) is 10.2. The second-order valence-corrected chi connectivity index (χ2v) is 4.41. The van der Waals surface area contributed by atoms with E-state index in [1.54, 1.807) is 18.0 Å². The van der Waals surface area contributed by atoms with Crippen molar-refractivity contribution in [3.05, 3.63) is 34.9 Å². The third-order valence-electron chi connectivity index (χ3n) is 1.43. The zero-order valence-corrected chi connectivity index (χ0v) is 8.97. The number of nitrogens with zero attached hydrogens (tertiary/aromatic N) is 2. The van der Waals surface area contributed by atoms with E-state index in [0.29, 0.717) is 0 Å². The van der Waals surface area contributed by atoms with Crippen LogP contribution in [0.2, 0.25) is 0 Å². The molecule has 0 fully saturated rings. The molecule has 2 aromatic rings. The van der Waals surface area contributed by atoms with Gasteiger partial charge < -0.3 is 0 Å². The minimum Gasteiger partial charge on any atom is -0.251 e. The van der Waals surface area contributed by atoms with Gasteiger partial charge in [0.15, 0.2) is 0 Å². The van der Waals surface area contributed by atoms with Crippen LogP contribution in [0.4, 0.5) is 0 Å². The molecule has 1 aromatic carbocycles. The first-order valence-electron chi connectivity index (χ1n) is 3.64. The smallest absolute Gasteiger partial charge is 0.116 e. The average molecular weight is 256 g/mol. The molecule has 0 unspecified atom stereocenters. The predicted molar refractivity (Wildman–Crippen MR) is 54.6 cm³/mol. The second-order valence-electron chi connectivity index (χ2n) is 2.38. The molecule has 0 atom stereocenters. The summed E-state index contributed by atoms with van der Waals surface area (Å²) in [6.45, 7) is 0. The Balaban J connectivity index is 2.15. The molecule has 0 aliphatic carbocycles. The number of benzene rings is 1. The summed E-state index contributed by atoms with van der Waals surface area (Å²) >= 11 is 4.98. The standard InChI is InChI=1S/C8H6BrN3S/c9-6-1-3-7(4-2-6)13-8-5-10-12-11-8/h1-5H,(H,10,11,12). The van der Waals surface area contributed by atoms with Crippen molar-refractivity contribution >= 4 is 27.7 Å². The second kappa shape index (κ2) is 3.93. The fraction of sp³-hybridized carbons (Fsp3) is 0. The Morgan fingerprint density at radius 3 is 2.62 bits per heavy atom. The number of aromatic amines is 1. The van der Waals surface area contributed by atoms with Crippen molar-refractivity contribution in [1.82, 2.24) is 15.4 Å². The van der Waals surface area contributed by atoms with Crippen molar-refractivity contribution in [2.75, 3.05) is 0 Å². The SMILES string of the molecule is Brc1ccc(Sc2cnn[nH]2)cc1. The van der Waals surface area contributed by atoms with E-state index in [2.05, 4.69) is 31.3 Å². The zero-order valence-electron chi connectivity index (χ0n) is 6.57. The van der Waals surface area contributed by atoms with Crippen molar-refractivity contribution < 1.29 is 0 Å². The Morgan fingerprint density at radius 1 is 1.23 bits per heavy atom. The number of hydrogen-bond donors (Lipinski definition) is 1. The lowest BCUT2D eigenvalue weighted by atomic mass is 10.4. The van der Waals surface area contributed by atoms with Crippen LogP contribution in [0.1, 0.15) is 0 Å². The van der Waals surface area contributed by atoms with E-state index in [1.807, 2.05) is 24.3 Å². The van der Waals surface area contributed by atoms with E-state index in [-0.39, 0.29) is 0 Å². The van der Waals surface area contributed by atoms with Gasteiger partial charge in [0.1, 0.15) is 5.03 Å². The van der Waals surface area contributed by atoms with Gasteiger partial charge in [-0.3, -0.25) is 5.10 Å². The van der Waals surface area contributed by atoms with Crippen LogP contribution in [0.3, 0.4) is 0 Å². The minimum atomic E-state index is 0.947. The Labute approximate surface area is 88.1 Å². The molecule has 0 amide bonds. The monoisotopic (exact) mass is 255 g/mol. The largest absolute Gasteiger partial charge is 0.251 e. The minimum absolute atomic E-state index is 0.947. The summed E-state index contributed by atoms with van der Waals surface area (Å²) in [6.07, 6.45) is 1.70. The molecule has 0 saturated heterocycles. The number of hydrogen-bond acceptors (Lipinski definition) is 3. The van der Waals surface area contributed by atoms with Gasteiger partial charge in [-0.1, -0.05) is 32.9 Å². The molecule has 0 aliphatic heterocycles. The maximum absolute atomic E-state index is 3.70. The van der Waals surface area contributed by atoms with Crippen molar-refractivity contribution in [2.24, 2.45) is 0 Å². The quantitative estimate of drug-likeness (QED) is 0.898. The van der Waals surface area contributed by atoms with Crippen molar-refractivity contribution in [3.8, 4) is 0 Å². The molecule has 1 N–H and O–H groups in total. The van der Waals surface area contributed by atoms with E-state index in [1.165, 1.54) is 0 Å². The number of rotatable bonds is 2. The molecule has 5 heteroatoms. The average Bonchev–Trinajstić information content (AvgIpc) is 2.62. The fourth-order valence-corrected chi connectivity index (χ4v) is 1.84. The molecule has 0 spiro atoms. The van der Waals surface area contributed by atoms with Crippen molar-refractivity contribution in [3.63, 3.8) is 0 Å². The van der Waals surface area contributed by atoms with Crippen LogP contribution in [0.25, 0.3) is 0 Å². The molecule has 2 rings (SSSR count). The number of nitrogens with one attached hydrogen (secondary N) is 1. The Hall–Kier alpha value is -0.810. The lowest BCUT2D eigenvalue weighted by molar-refractivity contribution is 0.911. The summed E-state index contributed by atoms with van der Waals surface area (Å²) in [5.74, 6) is 0. The van der Waals surface area contributed by atoms with E-state index in [0.717, 1.165) is 14.4 Å². The molecule has 0 radical (unpaired) electrons. The molecular weight excluding hydrogens is 250 g/mol. The summed E-state index contributed by atoms with van der Waals surface area (Å²) in [6, 6.07) is 8.09. The van der Waals surface area contributed by atoms with Gasteiger partial charge in [-0.25, -0.2) is 0 Å².